The predicted octanol–water partition coefficient (Wildman–Crippen LogP) is 2.95. The lowest BCUT2D eigenvalue weighted by Crippen LogP contribution is -2.51. The summed E-state index contributed by atoms with van der Waals surface area (Å²) in [5.41, 5.74) is 1.44. The minimum absolute atomic E-state index is 0.176. The fraction of sp³-hybridized carbons (Fsp3) is 0.720. The molecule has 3 fully saturated rings. The van der Waals surface area contributed by atoms with E-state index in [9.17, 15) is 4.79 Å². The molecule has 0 saturated carbocycles. The SMILES string of the molecule is O=C(NCC1CCOCC1)[C@H]1CCCN(C2CCN(CCc3ccccc3)CC2)C1. The van der Waals surface area contributed by atoms with Crippen LogP contribution in [0.15, 0.2) is 30.3 Å². The van der Waals surface area contributed by atoms with Crippen molar-refractivity contribution in [2.45, 2.75) is 51.0 Å². The van der Waals surface area contributed by atoms with Crippen molar-refractivity contribution in [1.29, 1.82) is 0 Å². The third-order valence-corrected chi connectivity index (χ3v) is 7.36. The molecule has 1 N–H and O–H groups in total. The fourth-order valence-electron chi connectivity index (χ4n) is 5.33. The first-order chi connectivity index (χ1) is 14.8. The summed E-state index contributed by atoms with van der Waals surface area (Å²) < 4.78 is 5.43. The van der Waals surface area contributed by atoms with Gasteiger partial charge in [-0.25, -0.2) is 0 Å². The first-order valence-corrected chi connectivity index (χ1v) is 12.1. The highest BCUT2D eigenvalue weighted by molar-refractivity contribution is 5.79. The number of likely N-dealkylation sites (tertiary alicyclic amines) is 2. The van der Waals surface area contributed by atoms with Crippen molar-refractivity contribution in [3.8, 4) is 0 Å². The van der Waals surface area contributed by atoms with Crippen molar-refractivity contribution in [2.24, 2.45) is 11.8 Å². The van der Waals surface area contributed by atoms with E-state index in [1.807, 2.05) is 0 Å². The molecule has 1 atom stereocenters. The number of hydrogen-bond acceptors (Lipinski definition) is 4. The number of nitrogens with zero attached hydrogens (tertiary/aromatic N) is 2. The zero-order chi connectivity index (χ0) is 20.6. The van der Waals surface area contributed by atoms with Gasteiger partial charge in [-0.3, -0.25) is 9.69 Å². The van der Waals surface area contributed by atoms with Crippen LogP contribution in [0.25, 0.3) is 0 Å². The number of amides is 1. The van der Waals surface area contributed by atoms with Gasteiger partial charge in [0.15, 0.2) is 0 Å². The molecule has 1 amide bonds. The fourth-order valence-corrected chi connectivity index (χ4v) is 5.33. The molecule has 0 spiro atoms. The Labute approximate surface area is 182 Å². The number of nitrogens with one attached hydrogen (secondary N) is 1. The van der Waals surface area contributed by atoms with E-state index in [0.717, 1.165) is 65.0 Å². The zero-order valence-electron chi connectivity index (χ0n) is 18.4. The molecular formula is C25H39N3O2. The third kappa shape index (κ3) is 6.29. The number of carbonyl (C=O) groups is 1. The van der Waals surface area contributed by atoms with Crippen LogP contribution in [0.4, 0.5) is 0 Å². The molecule has 3 saturated heterocycles. The molecule has 0 aliphatic carbocycles. The van der Waals surface area contributed by atoms with E-state index in [-0.39, 0.29) is 11.8 Å². The average molecular weight is 414 g/mol. The number of hydrogen-bond donors (Lipinski definition) is 1. The molecule has 0 bridgehead atoms. The number of rotatable bonds is 7. The van der Waals surface area contributed by atoms with E-state index in [4.69, 9.17) is 4.74 Å². The monoisotopic (exact) mass is 413 g/mol. The van der Waals surface area contributed by atoms with E-state index in [2.05, 4.69) is 45.4 Å². The van der Waals surface area contributed by atoms with Gasteiger partial charge < -0.3 is 15.0 Å². The van der Waals surface area contributed by atoms with Gasteiger partial charge in [0, 0.05) is 38.9 Å². The number of benzene rings is 1. The van der Waals surface area contributed by atoms with Gasteiger partial charge >= 0.3 is 0 Å². The molecule has 1 aromatic carbocycles. The smallest absolute Gasteiger partial charge is 0.224 e. The molecule has 0 unspecified atom stereocenters. The third-order valence-electron chi connectivity index (χ3n) is 7.36. The molecule has 30 heavy (non-hydrogen) atoms. The Bertz CT molecular complexity index is 639. The highest BCUT2D eigenvalue weighted by atomic mass is 16.5. The molecule has 3 heterocycles. The summed E-state index contributed by atoms with van der Waals surface area (Å²) >= 11 is 0. The molecular weight excluding hydrogens is 374 g/mol. The van der Waals surface area contributed by atoms with Crippen LogP contribution in [0.5, 0.6) is 0 Å². The quantitative estimate of drug-likeness (QED) is 0.747. The van der Waals surface area contributed by atoms with Gasteiger partial charge in [-0.05, 0) is 76.1 Å². The number of ether oxygens (including phenoxy) is 1. The Morgan fingerprint density at radius 2 is 1.77 bits per heavy atom. The Kier molecular flexibility index (Phi) is 8.18. The summed E-state index contributed by atoms with van der Waals surface area (Å²) in [6.07, 6.45) is 8.00. The summed E-state index contributed by atoms with van der Waals surface area (Å²) in [7, 11) is 0. The van der Waals surface area contributed by atoms with Crippen molar-refractivity contribution in [3.05, 3.63) is 35.9 Å². The summed E-state index contributed by atoms with van der Waals surface area (Å²) in [6, 6.07) is 11.5. The lowest BCUT2D eigenvalue weighted by atomic mass is 9.92. The Morgan fingerprint density at radius 3 is 2.53 bits per heavy atom. The van der Waals surface area contributed by atoms with Crippen LogP contribution in [-0.2, 0) is 16.0 Å². The molecule has 5 heteroatoms. The van der Waals surface area contributed by atoms with Crippen LogP contribution in [0.2, 0.25) is 0 Å². The Hall–Kier alpha value is -1.43. The molecule has 166 valence electrons. The van der Waals surface area contributed by atoms with Crippen LogP contribution in [0.1, 0.15) is 44.1 Å². The molecule has 0 aromatic heterocycles. The van der Waals surface area contributed by atoms with Crippen LogP contribution in [0, 0.1) is 11.8 Å². The standard InChI is InChI=1S/C25H39N3O2/c29-25(26-19-22-11-17-30-18-12-22)23-7-4-13-28(20-23)24-9-15-27(16-10-24)14-8-21-5-2-1-3-6-21/h1-3,5-6,22-24H,4,7-20H2,(H,26,29)/t23-/m0/s1. The first-order valence-electron chi connectivity index (χ1n) is 12.1. The van der Waals surface area contributed by atoms with Crippen LogP contribution >= 0.6 is 0 Å². The van der Waals surface area contributed by atoms with Crippen molar-refractivity contribution in [2.75, 3.05) is 52.5 Å². The lowest BCUT2D eigenvalue weighted by molar-refractivity contribution is -0.127. The van der Waals surface area contributed by atoms with Crippen LogP contribution < -0.4 is 5.32 Å². The van der Waals surface area contributed by atoms with E-state index in [1.54, 1.807) is 0 Å². The van der Waals surface area contributed by atoms with Crippen molar-refractivity contribution in [1.82, 2.24) is 15.1 Å². The maximum absolute atomic E-state index is 12.8. The molecule has 3 aliphatic heterocycles. The minimum Gasteiger partial charge on any atom is -0.381 e. The van der Waals surface area contributed by atoms with Gasteiger partial charge in [0.2, 0.25) is 5.91 Å². The van der Waals surface area contributed by atoms with Crippen molar-refractivity contribution < 1.29 is 9.53 Å². The predicted molar refractivity (Wildman–Crippen MR) is 120 cm³/mol. The molecule has 0 radical (unpaired) electrons. The van der Waals surface area contributed by atoms with Crippen molar-refractivity contribution in [3.63, 3.8) is 0 Å². The zero-order valence-corrected chi connectivity index (χ0v) is 18.4. The van der Waals surface area contributed by atoms with Crippen LogP contribution in [0.3, 0.4) is 0 Å². The second-order valence-corrected chi connectivity index (χ2v) is 9.44. The largest absolute Gasteiger partial charge is 0.381 e. The second-order valence-electron chi connectivity index (χ2n) is 9.44. The summed E-state index contributed by atoms with van der Waals surface area (Å²) in [4.78, 5) is 18.0. The molecule has 1 aromatic rings. The maximum Gasteiger partial charge on any atom is 0.224 e. The number of carbonyl (C=O) groups excluding carboxylic acids is 1. The van der Waals surface area contributed by atoms with E-state index < -0.39 is 0 Å². The summed E-state index contributed by atoms with van der Waals surface area (Å²) in [5.74, 6) is 1.06. The average Bonchev–Trinajstić information content (AvgIpc) is 2.83. The normalized spacial score (nSPS) is 25.3. The minimum atomic E-state index is 0.176. The highest BCUT2D eigenvalue weighted by Gasteiger charge is 2.31. The van der Waals surface area contributed by atoms with Crippen molar-refractivity contribution >= 4 is 5.91 Å². The molecule has 4 rings (SSSR count). The summed E-state index contributed by atoms with van der Waals surface area (Å²) in [5, 5.41) is 3.26. The number of piperidine rings is 2. The molecule has 5 nitrogen and oxygen atoms in total. The second kappa shape index (κ2) is 11.3. The van der Waals surface area contributed by atoms with Gasteiger partial charge in [-0.15, -0.1) is 0 Å². The topological polar surface area (TPSA) is 44.8 Å². The van der Waals surface area contributed by atoms with E-state index in [0.29, 0.717) is 12.0 Å². The van der Waals surface area contributed by atoms with Gasteiger partial charge in [0.05, 0.1) is 5.92 Å². The van der Waals surface area contributed by atoms with Gasteiger partial charge in [0.1, 0.15) is 0 Å². The van der Waals surface area contributed by atoms with E-state index in [1.165, 1.54) is 38.0 Å². The Morgan fingerprint density at radius 1 is 1.00 bits per heavy atom. The highest BCUT2D eigenvalue weighted by Crippen LogP contribution is 2.24. The van der Waals surface area contributed by atoms with E-state index >= 15 is 0 Å². The molecule has 3 aliphatic rings. The maximum atomic E-state index is 12.8. The Balaban J connectivity index is 1.17. The summed E-state index contributed by atoms with van der Waals surface area (Å²) in [6.45, 7) is 8.19. The van der Waals surface area contributed by atoms with Gasteiger partial charge in [0.25, 0.3) is 0 Å². The van der Waals surface area contributed by atoms with Crippen LogP contribution in [-0.4, -0.2) is 74.2 Å². The lowest BCUT2D eigenvalue weighted by Gasteiger charge is -2.42. The first kappa shape index (κ1) is 21.8. The van der Waals surface area contributed by atoms with Gasteiger partial charge in [-0.1, -0.05) is 30.3 Å². The van der Waals surface area contributed by atoms with Gasteiger partial charge in [-0.2, -0.15) is 0 Å².